The third-order valence-corrected chi connectivity index (χ3v) is 4.92. The Morgan fingerprint density at radius 2 is 2.27 bits per heavy atom. The summed E-state index contributed by atoms with van der Waals surface area (Å²) in [5.41, 5.74) is 0.453. The molecule has 1 amide bonds. The first-order chi connectivity index (χ1) is 10.5. The highest BCUT2D eigenvalue weighted by Gasteiger charge is 2.17. The quantitative estimate of drug-likeness (QED) is 0.765. The van der Waals surface area contributed by atoms with E-state index in [4.69, 9.17) is 11.6 Å². The standard InChI is InChI=1S/C13H14ClFN4OS2/c1-3-16-12-18-19-13(22-12)21-7(2)11(20)17-8-4-5-10(15)9(14)6-8/h4-7H,3H2,1-2H3,(H,16,18)(H,17,20)/t7-/m1/s1. The van der Waals surface area contributed by atoms with Gasteiger partial charge in [-0.15, -0.1) is 10.2 Å². The Balaban J connectivity index is 1.94. The van der Waals surface area contributed by atoms with Crippen LogP contribution in [0.2, 0.25) is 5.02 Å². The Morgan fingerprint density at radius 3 is 2.95 bits per heavy atom. The van der Waals surface area contributed by atoms with Gasteiger partial charge in [0.15, 0.2) is 4.34 Å². The molecule has 5 nitrogen and oxygen atoms in total. The summed E-state index contributed by atoms with van der Waals surface area (Å²) >= 11 is 8.39. The number of carbonyl (C=O) groups is 1. The largest absolute Gasteiger partial charge is 0.360 e. The highest BCUT2D eigenvalue weighted by molar-refractivity contribution is 8.02. The smallest absolute Gasteiger partial charge is 0.237 e. The van der Waals surface area contributed by atoms with Gasteiger partial charge in [-0.05, 0) is 32.0 Å². The zero-order valence-electron chi connectivity index (χ0n) is 11.9. The second-order valence-corrected chi connectivity index (χ2v) is 7.25. The van der Waals surface area contributed by atoms with Gasteiger partial charge >= 0.3 is 0 Å². The Labute approximate surface area is 140 Å². The molecule has 0 unspecified atom stereocenters. The van der Waals surface area contributed by atoms with Crippen LogP contribution < -0.4 is 10.6 Å². The number of thioether (sulfide) groups is 1. The lowest BCUT2D eigenvalue weighted by Gasteiger charge is -2.10. The molecule has 1 aromatic heterocycles. The van der Waals surface area contributed by atoms with Gasteiger partial charge in [-0.2, -0.15) is 0 Å². The minimum atomic E-state index is -0.521. The third kappa shape index (κ3) is 4.56. The van der Waals surface area contributed by atoms with Gasteiger partial charge in [0.2, 0.25) is 11.0 Å². The molecule has 1 atom stereocenters. The number of rotatable bonds is 6. The zero-order valence-corrected chi connectivity index (χ0v) is 14.3. The summed E-state index contributed by atoms with van der Waals surface area (Å²) in [6.45, 7) is 4.50. The van der Waals surface area contributed by atoms with Gasteiger partial charge in [-0.1, -0.05) is 34.7 Å². The molecule has 1 aromatic carbocycles. The molecule has 0 aliphatic carbocycles. The first kappa shape index (κ1) is 17.0. The van der Waals surface area contributed by atoms with Crippen molar-refractivity contribution in [3.05, 3.63) is 29.0 Å². The van der Waals surface area contributed by atoms with E-state index in [1.165, 1.54) is 41.3 Å². The second-order valence-electron chi connectivity index (χ2n) is 4.28. The second kappa shape index (κ2) is 7.75. The number of benzene rings is 1. The maximum absolute atomic E-state index is 13.1. The van der Waals surface area contributed by atoms with Gasteiger partial charge in [0.25, 0.3) is 0 Å². The van der Waals surface area contributed by atoms with E-state index in [1.807, 2.05) is 6.92 Å². The number of hydrogen-bond donors (Lipinski definition) is 2. The summed E-state index contributed by atoms with van der Waals surface area (Å²) in [6.07, 6.45) is 0. The van der Waals surface area contributed by atoms with Gasteiger partial charge in [-0.25, -0.2) is 4.39 Å². The number of amides is 1. The van der Waals surface area contributed by atoms with E-state index < -0.39 is 5.82 Å². The SMILES string of the molecule is CCNc1nnc(S[C@H](C)C(=O)Nc2ccc(F)c(Cl)c2)s1. The van der Waals surface area contributed by atoms with Crippen LogP contribution in [0, 0.1) is 5.82 Å². The van der Waals surface area contributed by atoms with Crippen LogP contribution in [0.3, 0.4) is 0 Å². The molecular weight excluding hydrogens is 347 g/mol. The molecular formula is C13H14ClFN4OS2. The van der Waals surface area contributed by atoms with Crippen LogP contribution in [0.15, 0.2) is 22.5 Å². The van der Waals surface area contributed by atoms with Crippen LogP contribution in [0.5, 0.6) is 0 Å². The number of nitrogens with one attached hydrogen (secondary N) is 2. The number of anilines is 2. The highest BCUT2D eigenvalue weighted by Crippen LogP contribution is 2.29. The molecule has 0 bridgehead atoms. The number of aromatic nitrogens is 2. The van der Waals surface area contributed by atoms with E-state index in [9.17, 15) is 9.18 Å². The molecule has 2 aromatic rings. The third-order valence-electron chi connectivity index (χ3n) is 2.57. The Bertz CT molecular complexity index is 667. The minimum absolute atomic E-state index is 0.0301. The number of hydrogen-bond acceptors (Lipinski definition) is 6. The van der Waals surface area contributed by atoms with Crippen molar-refractivity contribution in [2.45, 2.75) is 23.4 Å². The van der Waals surface area contributed by atoms with E-state index in [0.717, 1.165) is 11.7 Å². The highest BCUT2D eigenvalue weighted by atomic mass is 35.5. The lowest BCUT2D eigenvalue weighted by molar-refractivity contribution is -0.115. The fourth-order valence-corrected chi connectivity index (χ4v) is 3.65. The van der Waals surface area contributed by atoms with Gasteiger partial charge in [0.05, 0.1) is 10.3 Å². The molecule has 0 aliphatic heterocycles. The molecule has 2 rings (SSSR count). The molecule has 0 aliphatic rings. The van der Waals surface area contributed by atoms with Crippen molar-refractivity contribution in [2.75, 3.05) is 17.2 Å². The molecule has 22 heavy (non-hydrogen) atoms. The minimum Gasteiger partial charge on any atom is -0.360 e. The van der Waals surface area contributed by atoms with Crippen molar-refractivity contribution in [3.8, 4) is 0 Å². The topological polar surface area (TPSA) is 66.9 Å². The Morgan fingerprint density at radius 1 is 1.50 bits per heavy atom. The van der Waals surface area contributed by atoms with E-state index in [0.29, 0.717) is 10.0 Å². The Kier molecular flexibility index (Phi) is 5.98. The van der Waals surface area contributed by atoms with Crippen molar-refractivity contribution in [3.63, 3.8) is 0 Å². The first-order valence-corrected chi connectivity index (χ1v) is 8.57. The summed E-state index contributed by atoms with van der Waals surface area (Å²) in [4.78, 5) is 12.1. The number of halogens is 2. The summed E-state index contributed by atoms with van der Waals surface area (Å²) in [7, 11) is 0. The van der Waals surface area contributed by atoms with E-state index >= 15 is 0 Å². The fourth-order valence-electron chi connectivity index (χ4n) is 1.50. The van der Waals surface area contributed by atoms with E-state index in [2.05, 4.69) is 20.8 Å². The van der Waals surface area contributed by atoms with Gasteiger partial charge in [-0.3, -0.25) is 4.79 Å². The van der Waals surface area contributed by atoms with Crippen molar-refractivity contribution in [2.24, 2.45) is 0 Å². The predicted molar refractivity (Wildman–Crippen MR) is 89.4 cm³/mol. The average Bonchev–Trinajstić information content (AvgIpc) is 2.90. The molecule has 0 saturated carbocycles. The lowest BCUT2D eigenvalue weighted by atomic mass is 10.3. The van der Waals surface area contributed by atoms with Crippen molar-refractivity contribution in [1.29, 1.82) is 0 Å². The van der Waals surface area contributed by atoms with Crippen LogP contribution in [-0.4, -0.2) is 27.9 Å². The maximum atomic E-state index is 13.1. The molecule has 118 valence electrons. The normalized spacial score (nSPS) is 12.0. The summed E-state index contributed by atoms with van der Waals surface area (Å²) in [6, 6.07) is 4.05. The molecule has 0 radical (unpaired) electrons. The predicted octanol–water partition coefficient (Wildman–Crippen LogP) is 3.88. The number of nitrogens with zero attached hydrogens (tertiary/aromatic N) is 2. The van der Waals surface area contributed by atoms with Crippen LogP contribution >= 0.6 is 34.7 Å². The first-order valence-electron chi connectivity index (χ1n) is 6.49. The van der Waals surface area contributed by atoms with Crippen LogP contribution in [0.4, 0.5) is 15.2 Å². The lowest BCUT2D eigenvalue weighted by Crippen LogP contribution is -2.22. The van der Waals surface area contributed by atoms with Gasteiger partial charge < -0.3 is 10.6 Å². The molecule has 1 heterocycles. The van der Waals surface area contributed by atoms with Gasteiger partial charge in [0, 0.05) is 12.2 Å². The van der Waals surface area contributed by atoms with Crippen LogP contribution in [0.25, 0.3) is 0 Å². The average molecular weight is 361 g/mol. The van der Waals surface area contributed by atoms with Crippen molar-refractivity contribution >= 4 is 51.4 Å². The molecule has 0 saturated heterocycles. The van der Waals surface area contributed by atoms with Crippen molar-refractivity contribution < 1.29 is 9.18 Å². The van der Waals surface area contributed by atoms with E-state index in [-0.39, 0.29) is 16.2 Å². The fraction of sp³-hybridized carbons (Fsp3) is 0.308. The van der Waals surface area contributed by atoms with E-state index in [1.54, 1.807) is 6.92 Å². The van der Waals surface area contributed by atoms with Gasteiger partial charge in [0.1, 0.15) is 5.82 Å². The zero-order chi connectivity index (χ0) is 16.1. The Hall–Kier alpha value is -1.38. The molecule has 9 heteroatoms. The maximum Gasteiger partial charge on any atom is 0.237 e. The summed E-state index contributed by atoms with van der Waals surface area (Å²) in [5, 5.41) is 14.1. The summed E-state index contributed by atoms with van der Waals surface area (Å²) < 4.78 is 13.8. The molecule has 0 fully saturated rings. The van der Waals surface area contributed by atoms with Crippen LogP contribution in [-0.2, 0) is 4.79 Å². The monoisotopic (exact) mass is 360 g/mol. The number of carbonyl (C=O) groups excluding carboxylic acids is 1. The summed E-state index contributed by atoms with van der Waals surface area (Å²) in [5.74, 6) is -0.736. The van der Waals surface area contributed by atoms with Crippen LogP contribution in [0.1, 0.15) is 13.8 Å². The molecule has 0 spiro atoms. The van der Waals surface area contributed by atoms with Crippen molar-refractivity contribution in [1.82, 2.24) is 10.2 Å². The molecule has 2 N–H and O–H groups in total.